The number of carbonyl (C=O) groups is 2. The minimum atomic E-state index is -1.39. The maximum atomic E-state index is 13.2. The van der Waals surface area contributed by atoms with Crippen LogP contribution in [-0.4, -0.2) is 34.0 Å². The maximum absolute atomic E-state index is 13.2. The van der Waals surface area contributed by atoms with Crippen LogP contribution in [0, 0.1) is 18.2 Å². The molecular formula is C16H15FN4O4. The molecule has 130 valence electrons. The van der Waals surface area contributed by atoms with E-state index in [4.69, 9.17) is 10.5 Å². The number of aryl methyl sites for hydroxylation is 1. The predicted molar refractivity (Wildman–Crippen MR) is 87.7 cm³/mol. The Kier molecular flexibility index (Phi) is 5.28. The van der Waals surface area contributed by atoms with E-state index >= 15 is 0 Å². The number of nitrogens with one attached hydrogen (secondary N) is 3. The molecular weight excluding hydrogens is 331 g/mol. The van der Waals surface area contributed by atoms with Gasteiger partial charge in [-0.3, -0.25) is 4.79 Å². The summed E-state index contributed by atoms with van der Waals surface area (Å²) in [4.78, 5) is 26.9. The van der Waals surface area contributed by atoms with Gasteiger partial charge in [0.15, 0.2) is 17.3 Å². The fourth-order valence-corrected chi connectivity index (χ4v) is 2.00. The van der Waals surface area contributed by atoms with Crippen molar-refractivity contribution in [2.45, 2.75) is 13.5 Å². The van der Waals surface area contributed by atoms with Gasteiger partial charge >= 0.3 is 5.97 Å². The van der Waals surface area contributed by atoms with Gasteiger partial charge in [-0.2, -0.15) is 0 Å². The topological polar surface area (TPSA) is 135 Å². The van der Waals surface area contributed by atoms with E-state index < -0.39 is 23.3 Å². The lowest BCUT2D eigenvalue weighted by atomic mass is 10.1. The second-order valence-corrected chi connectivity index (χ2v) is 5.13. The SMILES string of the molecule is Cc1cc(CNC(=O)C2=CC(C(=O)O)=N/C(=C(\O)C=N)N2)ccc1F. The molecule has 0 radical (unpaired) electrons. The molecule has 0 saturated heterocycles. The fraction of sp³-hybridized carbons (Fsp3) is 0.125. The zero-order valence-corrected chi connectivity index (χ0v) is 13.1. The third kappa shape index (κ3) is 4.28. The Labute approximate surface area is 141 Å². The van der Waals surface area contributed by atoms with Gasteiger partial charge < -0.3 is 26.3 Å². The lowest BCUT2D eigenvalue weighted by molar-refractivity contribution is -0.129. The molecule has 0 aliphatic carbocycles. The van der Waals surface area contributed by atoms with Crippen LogP contribution in [0.3, 0.4) is 0 Å². The number of halogens is 1. The summed E-state index contributed by atoms with van der Waals surface area (Å²) in [6, 6.07) is 4.38. The molecule has 0 aromatic heterocycles. The summed E-state index contributed by atoms with van der Waals surface area (Å²) in [7, 11) is 0. The Morgan fingerprint density at radius 2 is 2.12 bits per heavy atom. The quantitative estimate of drug-likeness (QED) is 0.402. The number of aliphatic hydroxyl groups excluding tert-OH is 1. The highest BCUT2D eigenvalue weighted by molar-refractivity contribution is 6.41. The minimum absolute atomic E-state index is 0.0914. The monoisotopic (exact) mass is 346 g/mol. The number of carboxylic acid groups (broad SMARTS) is 1. The van der Waals surface area contributed by atoms with Crippen molar-refractivity contribution in [2.75, 3.05) is 0 Å². The van der Waals surface area contributed by atoms with E-state index in [1.54, 1.807) is 13.0 Å². The Bertz CT molecular complexity index is 843. The van der Waals surface area contributed by atoms with Crippen molar-refractivity contribution >= 4 is 23.8 Å². The van der Waals surface area contributed by atoms with E-state index in [-0.39, 0.29) is 23.9 Å². The van der Waals surface area contributed by atoms with Crippen molar-refractivity contribution in [2.24, 2.45) is 4.99 Å². The van der Waals surface area contributed by atoms with Gasteiger partial charge in [0.25, 0.3) is 5.91 Å². The molecule has 0 fully saturated rings. The van der Waals surface area contributed by atoms with E-state index in [1.807, 2.05) is 0 Å². The second-order valence-electron chi connectivity index (χ2n) is 5.13. The number of benzene rings is 1. The van der Waals surface area contributed by atoms with Crippen molar-refractivity contribution in [3.05, 3.63) is 58.5 Å². The van der Waals surface area contributed by atoms with Crippen LogP contribution in [0.5, 0.6) is 0 Å². The maximum Gasteiger partial charge on any atom is 0.354 e. The van der Waals surface area contributed by atoms with E-state index in [9.17, 15) is 19.1 Å². The van der Waals surface area contributed by atoms with Gasteiger partial charge in [0, 0.05) is 12.6 Å². The molecule has 1 amide bonds. The molecule has 1 aromatic rings. The lowest BCUT2D eigenvalue weighted by Crippen LogP contribution is -2.35. The highest BCUT2D eigenvalue weighted by Gasteiger charge is 2.22. The molecule has 1 aliphatic rings. The van der Waals surface area contributed by atoms with Crippen LogP contribution in [0.4, 0.5) is 4.39 Å². The van der Waals surface area contributed by atoms with Crippen molar-refractivity contribution < 1.29 is 24.2 Å². The Balaban J connectivity index is 2.17. The van der Waals surface area contributed by atoms with Gasteiger partial charge in [0.2, 0.25) is 0 Å². The highest BCUT2D eigenvalue weighted by atomic mass is 19.1. The summed E-state index contributed by atoms with van der Waals surface area (Å²) in [5.41, 5.74) is 0.469. The van der Waals surface area contributed by atoms with E-state index in [2.05, 4.69) is 15.6 Å². The zero-order valence-electron chi connectivity index (χ0n) is 13.1. The highest BCUT2D eigenvalue weighted by Crippen LogP contribution is 2.11. The molecule has 25 heavy (non-hydrogen) atoms. The lowest BCUT2D eigenvalue weighted by Gasteiger charge is -2.16. The summed E-state index contributed by atoms with van der Waals surface area (Å²) in [6.07, 6.45) is 1.57. The van der Waals surface area contributed by atoms with Crippen LogP contribution in [0.25, 0.3) is 0 Å². The Hall–Kier alpha value is -3.49. The molecule has 5 N–H and O–H groups in total. The fourth-order valence-electron chi connectivity index (χ4n) is 2.00. The summed E-state index contributed by atoms with van der Waals surface area (Å²) in [6.45, 7) is 1.69. The van der Waals surface area contributed by atoms with E-state index in [1.165, 1.54) is 12.1 Å². The zero-order chi connectivity index (χ0) is 18.6. The van der Waals surface area contributed by atoms with Crippen molar-refractivity contribution in [1.82, 2.24) is 10.6 Å². The number of nitrogens with zero attached hydrogens (tertiary/aromatic N) is 1. The summed E-state index contributed by atoms with van der Waals surface area (Å²) >= 11 is 0. The second kappa shape index (κ2) is 7.39. The first kappa shape index (κ1) is 17.9. The first-order valence-electron chi connectivity index (χ1n) is 7.09. The Morgan fingerprint density at radius 3 is 2.72 bits per heavy atom. The molecule has 1 aliphatic heterocycles. The first-order chi connectivity index (χ1) is 11.8. The van der Waals surface area contributed by atoms with E-state index in [0.29, 0.717) is 17.3 Å². The molecule has 0 bridgehead atoms. The van der Waals surface area contributed by atoms with Gasteiger partial charge in [0.05, 0.1) is 6.21 Å². The number of carboxylic acids is 1. The molecule has 1 heterocycles. The number of rotatable bonds is 5. The number of hydrogen-bond acceptors (Lipinski definition) is 6. The standard InChI is InChI=1S/C16H15FN4O4/c1-8-4-9(2-3-10(8)17)7-19-15(23)11-5-12(16(24)25)21-14(20-11)13(22)6-18/h2-6,18,20,22H,7H2,1H3,(H,19,23)(H,24,25)/b14-13-,18-6?. The first-order valence-corrected chi connectivity index (χ1v) is 7.09. The predicted octanol–water partition coefficient (Wildman–Crippen LogP) is 1.14. The number of amides is 1. The van der Waals surface area contributed by atoms with E-state index in [0.717, 1.165) is 6.08 Å². The summed E-state index contributed by atoms with van der Waals surface area (Å²) in [5, 5.41) is 30.6. The average molecular weight is 346 g/mol. The summed E-state index contributed by atoms with van der Waals surface area (Å²) < 4.78 is 13.2. The number of aliphatic carboxylic acids is 1. The van der Waals surface area contributed by atoms with Crippen LogP contribution < -0.4 is 10.6 Å². The smallest absolute Gasteiger partial charge is 0.354 e. The van der Waals surface area contributed by atoms with Crippen molar-refractivity contribution in [3.8, 4) is 0 Å². The number of hydrogen-bond donors (Lipinski definition) is 5. The minimum Gasteiger partial charge on any atom is -0.503 e. The van der Waals surface area contributed by atoms with Crippen LogP contribution in [0.2, 0.25) is 0 Å². The molecule has 0 spiro atoms. The van der Waals surface area contributed by atoms with Crippen LogP contribution >= 0.6 is 0 Å². The van der Waals surface area contributed by atoms with Gasteiger partial charge in [-0.15, -0.1) is 0 Å². The third-order valence-corrected chi connectivity index (χ3v) is 3.28. The summed E-state index contributed by atoms with van der Waals surface area (Å²) in [5.74, 6) is -3.34. The largest absolute Gasteiger partial charge is 0.503 e. The number of carbonyl (C=O) groups excluding carboxylic acids is 1. The van der Waals surface area contributed by atoms with Crippen LogP contribution in [0.15, 0.2) is 46.5 Å². The van der Waals surface area contributed by atoms with Gasteiger partial charge in [0.1, 0.15) is 11.5 Å². The third-order valence-electron chi connectivity index (χ3n) is 3.28. The number of allylic oxidation sites excluding steroid dienone is 1. The van der Waals surface area contributed by atoms with Crippen molar-refractivity contribution in [1.29, 1.82) is 5.41 Å². The molecule has 0 atom stereocenters. The van der Waals surface area contributed by atoms with Gasteiger partial charge in [-0.1, -0.05) is 12.1 Å². The van der Waals surface area contributed by atoms with Crippen LogP contribution in [-0.2, 0) is 16.1 Å². The molecule has 0 saturated carbocycles. The molecule has 9 heteroatoms. The molecule has 0 unspecified atom stereocenters. The van der Waals surface area contributed by atoms with Gasteiger partial charge in [-0.25, -0.2) is 14.2 Å². The molecule has 1 aromatic carbocycles. The van der Waals surface area contributed by atoms with Gasteiger partial charge in [-0.05, 0) is 24.1 Å². The normalized spacial score (nSPS) is 15.4. The van der Waals surface area contributed by atoms with Crippen molar-refractivity contribution in [3.63, 3.8) is 0 Å². The number of aliphatic hydroxyl groups is 1. The Morgan fingerprint density at radius 1 is 1.40 bits per heavy atom. The molecule has 2 rings (SSSR count). The average Bonchev–Trinajstić information content (AvgIpc) is 2.61. The van der Waals surface area contributed by atoms with Crippen LogP contribution in [0.1, 0.15) is 11.1 Å². The number of aliphatic imine (C=N–C) groups is 1. The molecule has 8 nitrogen and oxygen atoms in total.